The largest absolute Gasteiger partial charge is 0.398 e. The number of nitrogens with two attached hydrogens (primary N) is 2. The van der Waals surface area contributed by atoms with Crippen molar-refractivity contribution < 1.29 is 9.59 Å². The lowest BCUT2D eigenvalue weighted by Crippen LogP contribution is -2.41. The van der Waals surface area contributed by atoms with Gasteiger partial charge in [-0.3, -0.25) is 9.59 Å². The highest BCUT2D eigenvalue weighted by Gasteiger charge is 2.22. The molecule has 0 bridgehead atoms. The molecule has 104 valence electrons. The quantitative estimate of drug-likeness (QED) is 0.781. The molecule has 4 N–H and O–H groups in total. The zero-order valence-electron chi connectivity index (χ0n) is 11.6. The summed E-state index contributed by atoms with van der Waals surface area (Å²) in [4.78, 5) is 25.0. The summed E-state index contributed by atoms with van der Waals surface area (Å²) in [6, 6.07) is 5.29. The second-order valence-corrected chi connectivity index (χ2v) is 5.08. The van der Waals surface area contributed by atoms with Gasteiger partial charge in [-0.2, -0.15) is 0 Å². The summed E-state index contributed by atoms with van der Waals surface area (Å²) < 4.78 is 0. The lowest BCUT2D eigenvalue weighted by Gasteiger charge is -2.24. The van der Waals surface area contributed by atoms with Gasteiger partial charge in [0.15, 0.2) is 0 Å². The Hall–Kier alpha value is -2.04. The molecule has 0 aliphatic rings. The smallest absolute Gasteiger partial charge is 0.256 e. The molecule has 0 atom stereocenters. The van der Waals surface area contributed by atoms with Crippen LogP contribution in [-0.2, 0) is 4.79 Å². The predicted molar refractivity (Wildman–Crippen MR) is 75.5 cm³/mol. The molecule has 2 amide bonds. The second-order valence-electron chi connectivity index (χ2n) is 5.08. The maximum Gasteiger partial charge on any atom is 0.256 e. The summed E-state index contributed by atoms with van der Waals surface area (Å²) in [6.07, 6.45) is 0. The Balaban J connectivity index is 3.08. The van der Waals surface area contributed by atoms with E-state index in [2.05, 4.69) is 0 Å². The molecule has 0 spiro atoms. The highest BCUT2D eigenvalue weighted by Crippen LogP contribution is 2.19. The fraction of sp³-hybridized carbons (Fsp3) is 0.429. The van der Waals surface area contributed by atoms with E-state index in [1.165, 1.54) is 4.90 Å². The molecular weight excluding hydrogens is 242 g/mol. The van der Waals surface area contributed by atoms with Crippen molar-refractivity contribution >= 4 is 17.5 Å². The van der Waals surface area contributed by atoms with Gasteiger partial charge in [-0.15, -0.1) is 0 Å². The van der Waals surface area contributed by atoms with Gasteiger partial charge < -0.3 is 16.4 Å². The number of carbonyl (C=O) groups excluding carboxylic acids is 2. The van der Waals surface area contributed by atoms with Gasteiger partial charge in [-0.1, -0.05) is 26.0 Å². The van der Waals surface area contributed by atoms with Crippen molar-refractivity contribution in [3.8, 4) is 0 Å². The maximum absolute atomic E-state index is 12.5. The summed E-state index contributed by atoms with van der Waals surface area (Å²) in [6.45, 7) is 6.15. The number of rotatable bonds is 5. The van der Waals surface area contributed by atoms with E-state index in [4.69, 9.17) is 11.5 Å². The van der Waals surface area contributed by atoms with Crippen LogP contribution in [0, 0.1) is 12.8 Å². The number of carbonyl (C=O) groups is 2. The maximum atomic E-state index is 12.5. The van der Waals surface area contributed by atoms with Crippen molar-refractivity contribution in [1.29, 1.82) is 0 Å². The number of primary amides is 1. The number of benzene rings is 1. The fourth-order valence-electron chi connectivity index (χ4n) is 1.99. The molecular formula is C14H21N3O2. The molecule has 1 aromatic carbocycles. The van der Waals surface area contributed by atoms with Gasteiger partial charge in [0.2, 0.25) is 5.91 Å². The van der Waals surface area contributed by atoms with E-state index in [0.29, 0.717) is 17.8 Å². The second kappa shape index (κ2) is 6.22. The first-order chi connectivity index (χ1) is 8.82. The summed E-state index contributed by atoms with van der Waals surface area (Å²) >= 11 is 0. The Morgan fingerprint density at radius 1 is 1.32 bits per heavy atom. The SMILES string of the molecule is Cc1cccc(N)c1C(=O)N(CC(N)=O)CC(C)C. The van der Waals surface area contributed by atoms with Crippen molar-refractivity contribution in [2.45, 2.75) is 20.8 Å². The van der Waals surface area contributed by atoms with Gasteiger partial charge in [-0.25, -0.2) is 0 Å². The molecule has 0 aliphatic carbocycles. The Kier molecular flexibility index (Phi) is 4.92. The van der Waals surface area contributed by atoms with Crippen LogP contribution >= 0.6 is 0 Å². The monoisotopic (exact) mass is 263 g/mol. The molecule has 5 heteroatoms. The number of hydrogen-bond donors (Lipinski definition) is 2. The van der Waals surface area contributed by atoms with Crippen LogP contribution in [0.2, 0.25) is 0 Å². The van der Waals surface area contributed by atoms with E-state index in [1.54, 1.807) is 12.1 Å². The predicted octanol–water partition coefficient (Wildman–Crippen LogP) is 1.16. The summed E-state index contributed by atoms with van der Waals surface area (Å²) in [7, 11) is 0. The van der Waals surface area contributed by atoms with Gasteiger partial charge >= 0.3 is 0 Å². The van der Waals surface area contributed by atoms with E-state index >= 15 is 0 Å². The molecule has 0 radical (unpaired) electrons. The molecule has 19 heavy (non-hydrogen) atoms. The van der Waals surface area contributed by atoms with Crippen LogP contribution in [0.1, 0.15) is 29.8 Å². The molecule has 0 unspecified atom stereocenters. The first-order valence-corrected chi connectivity index (χ1v) is 6.25. The Bertz CT molecular complexity index is 463. The normalized spacial score (nSPS) is 10.5. The number of nitrogens with zero attached hydrogens (tertiary/aromatic N) is 1. The number of nitrogen functional groups attached to an aromatic ring is 1. The first kappa shape index (κ1) is 15.0. The lowest BCUT2D eigenvalue weighted by atomic mass is 10.0. The molecule has 1 aromatic rings. The molecule has 1 rings (SSSR count). The Labute approximate surface area is 113 Å². The van der Waals surface area contributed by atoms with E-state index in [1.807, 2.05) is 26.8 Å². The minimum Gasteiger partial charge on any atom is -0.398 e. The van der Waals surface area contributed by atoms with Crippen molar-refractivity contribution in [1.82, 2.24) is 4.90 Å². The minimum absolute atomic E-state index is 0.0925. The molecule has 0 aliphatic heterocycles. The highest BCUT2D eigenvalue weighted by molar-refractivity contribution is 6.01. The van der Waals surface area contributed by atoms with Gasteiger partial charge in [0.25, 0.3) is 5.91 Å². The minimum atomic E-state index is -0.527. The number of amides is 2. The third-order valence-electron chi connectivity index (χ3n) is 2.74. The number of anilines is 1. The van der Waals surface area contributed by atoms with Crippen molar-refractivity contribution in [2.75, 3.05) is 18.8 Å². The van der Waals surface area contributed by atoms with Crippen LogP contribution in [-0.4, -0.2) is 29.8 Å². The molecule has 0 saturated carbocycles. The van der Waals surface area contributed by atoms with Crippen LogP contribution < -0.4 is 11.5 Å². The van der Waals surface area contributed by atoms with Gasteiger partial charge in [-0.05, 0) is 24.5 Å². The zero-order valence-corrected chi connectivity index (χ0v) is 11.6. The van der Waals surface area contributed by atoms with Crippen LogP contribution in [0.25, 0.3) is 0 Å². The summed E-state index contributed by atoms with van der Waals surface area (Å²) in [5, 5.41) is 0. The summed E-state index contributed by atoms with van der Waals surface area (Å²) in [5.74, 6) is -0.530. The van der Waals surface area contributed by atoms with E-state index in [0.717, 1.165) is 5.56 Å². The highest BCUT2D eigenvalue weighted by atomic mass is 16.2. The van der Waals surface area contributed by atoms with Crippen molar-refractivity contribution in [2.24, 2.45) is 11.7 Å². The fourth-order valence-corrected chi connectivity index (χ4v) is 1.99. The lowest BCUT2D eigenvalue weighted by molar-refractivity contribution is -0.118. The van der Waals surface area contributed by atoms with Gasteiger partial charge in [0.05, 0.1) is 12.1 Å². The van der Waals surface area contributed by atoms with E-state index in [-0.39, 0.29) is 18.4 Å². The standard InChI is InChI=1S/C14H21N3O2/c1-9(2)7-17(8-12(16)18)14(19)13-10(3)5-4-6-11(13)15/h4-6,9H,7-8,15H2,1-3H3,(H2,16,18). The van der Waals surface area contributed by atoms with Gasteiger partial charge in [0.1, 0.15) is 0 Å². The molecule has 0 saturated heterocycles. The van der Waals surface area contributed by atoms with Crippen LogP contribution in [0.3, 0.4) is 0 Å². The van der Waals surface area contributed by atoms with E-state index in [9.17, 15) is 9.59 Å². The number of aryl methyl sites for hydroxylation is 1. The first-order valence-electron chi connectivity index (χ1n) is 6.25. The third kappa shape index (κ3) is 3.98. The average Bonchev–Trinajstić information content (AvgIpc) is 2.26. The van der Waals surface area contributed by atoms with Crippen LogP contribution in [0.4, 0.5) is 5.69 Å². The average molecular weight is 263 g/mol. The van der Waals surface area contributed by atoms with Crippen molar-refractivity contribution in [3.05, 3.63) is 29.3 Å². The Morgan fingerprint density at radius 2 is 1.95 bits per heavy atom. The van der Waals surface area contributed by atoms with Gasteiger partial charge in [0, 0.05) is 12.2 Å². The molecule has 0 aromatic heterocycles. The van der Waals surface area contributed by atoms with E-state index < -0.39 is 5.91 Å². The summed E-state index contributed by atoms with van der Waals surface area (Å²) in [5.41, 5.74) is 12.7. The third-order valence-corrected chi connectivity index (χ3v) is 2.74. The molecule has 0 fully saturated rings. The van der Waals surface area contributed by atoms with Crippen LogP contribution in [0.5, 0.6) is 0 Å². The Morgan fingerprint density at radius 3 is 2.42 bits per heavy atom. The zero-order chi connectivity index (χ0) is 14.6. The number of hydrogen-bond acceptors (Lipinski definition) is 3. The topological polar surface area (TPSA) is 89.4 Å². The van der Waals surface area contributed by atoms with Crippen molar-refractivity contribution in [3.63, 3.8) is 0 Å². The van der Waals surface area contributed by atoms with Crippen LogP contribution in [0.15, 0.2) is 18.2 Å². The molecule has 5 nitrogen and oxygen atoms in total. The molecule has 0 heterocycles.